The van der Waals surface area contributed by atoms with E-state index in [2.05, 4.69) is 17.1 Å². The fourth-order valence-corrected chi connectivity index (χ4v) is 3.15. The van der Waals surface area contributed by atoms with Crippen molar-refractivity contribution in [2.45, 2.75) is 19.1 Å². The van der Waals surface area contributed by atoms with E-state index in [1.165, 1.54) is 12.1 Å². The third-order valence-electron chi connectivity index (χ3n) is 4.64. The van der Waals surface area contributed by atoms with E-state index in [1.807, 2.05) is 4.90 Å². The van der Waals surface area contributed by atoms with Crippen molar-refractivity contribution in [2.75, 3.05) is 45.9 Å². The Morgan fingerprint density at radius 2 is 2.13 bits per heavy atom. The molecule has 2 aliphatic rings. The molecule has 0 aromatic heterocycles. The molecule has 0 spiro atoms. The van der Waals surface area contributed by atoms with E-state index < -0.39 is 0 Å². The first-order valence-corrected chi connectivity index (χ1v) is 8.23. The van der Waals surface area contributed by atoms with E-state index in [4.69, 9.17) is 4.74 Å². The number of nitrogens with zero attached hydrogens (tertiary/aromatic N) is 2. The summed E-state index contributed by atoms with van der Waals surface area (Å²) < 4.78 is 18.8. The van der Waals surface area contributed by atoms with E-state index in [-0.39, 0.29) is 17.8 Å². The number of halogens is 1. The van der Waals surface area contributed by atoms with Gasteiger partial charge in [-0.25, -0.2) is 4.39 Å². The number of rotatable bonds is 3. The Morgan fingerprint density at radius 1 is 1.35 bits per heavy atom. The molecule has 2 aliphatic heterocycles. The van der Waals surface area contributed by atoms with Crippen molar-refractivity contribution in [3.05, 3.63) is 35.6 Å². The van der Waals surface area contributed by atoms with E-state index in [0.29, 0.717) is 32.3 Å². The molecular weight excluding hydrogens is 297 g/mol. The lowest BCUT2D eigenvalue weighted by molar-refractivity contribution is -0.140. The third kappa shape index (κ3) is 4.07. The second-order valence-corrected chi connectivity index (χ2v) is 6.27. The Balaban J connectivity index is 1.59. The summed E-state index contributed by atoms with van der Waals surface area (Å²) >= 11 is 0. The Labute approximate surface area is 136 Å². The monoisotopic (exact) mass is 321 g/mol. The first-order chi connectivity index (χ1) is 11.1. The Hall–Kier alpha value is -1.50. The van der Waals surface area contributed by atoms with Gasteiger partial charge < -0.3 is 15.0 Å². The van der Waals surface area contributed by atoms with Gasteiger partial charge in [0, 0.05) is 32.2 Å². The second kappa shape index (κ2) is 7.38. The molecule has 5 nitrogen and oxygen atoms in total. The number of nitrogens with one attached hydrogen (secondary N) is 1. The highest BCUT2D eigenvalue weighted by molar-refractivity contribution is 5.78. The SMILES string of the molecule is C[C@@H]1CNCCN1CC(=O)N1CCOC(c2ccc(F)cc2)C1. The lowest BCUT2D eigenvalue weighted by Gasteiger charge is -2.37. The Bertz CT molecular complexity index is 537. The second-order valence-electron chi connectivity index (χ2n) is 6.27. The molecule has 1 aromatic rings. The highest BCUT2D eigenvalue weighted by Gasteiger charge is 2.28. The van der Waals surface area contributed by atoms with Crippen molar-refractivity contribution in [3.63, 3.8) is 0 Å². The van der Waals surface area contributed by atoms with Gasteiger partial charge in [-0.05, 0) is 24.6 Å². The standard InChI is InChI=1S/C17H24FN3O2/c1-13-10-19-6-7-20(13)12-17(22)21-8-9-23-16(11-21)14-2-4-15(18)5-3-14/h2-5,13,16,19H,6-12H2,1H3/t13-,16?/m1/s1. The molecule has 2 saturated heterocycles. The lowest BCUT2D eigenvalue weighted by Crippen LogP contribution is -2.54. The maximum Gasteiger partial charge on any atom is 0.236 e. The van der Waals surface area contributed by atoms with Crippen molar-refractivity contribution >= 4 is 5.91 Å². The fourth-order valence-electron chi connectivity index (χ4n) is 3.15. The highest BCUT2D eigenvalue weighted by Crippen LogP contribution is 2.22. The molecule has 126 valence electrons. The number of amides is 1. The first-order valence-electron chi connectivity index (χ1n) is 8.23. The summed E-state index contributed by atoms with van der Waals surface area (Å²) in [6.07, 6.45) is -0.172. The van der Waals surface area contributed by atoms with Crippen LogP contribution >= 0.6 is 0 Å². The molecule has 0 aliphatic carbocycles. The van der Waals surface area contributed by atoms with Gasteiger partial charge >= 0.3 is 0 Å². The van der Waals surface area contributed by atoms with Crippen molar-refractivity contribution in [1.82, 2.24) is 15.1 Å². The summed E-state index contributed by atoms with van der Waals surface area (Å²) in [5.74, 6) is -0.112. The number of piperazine rings is 1. The minimum atomic E-state index is -0.259. The molecule has 23 heavy (non-hydrogen) atoms. The van der Waals surface area contributed by atoms with Crippen molar-refractivity contribution in [2.24, 2.45) is 0 Å². The molecule has 1 amide bonds. The van der Waals surface area contributed by atoms with Gasteiger partial charge in [-0.2, -0.15) is 0 Å². The molecule has 0 saturated carbocycles. The first kappa shape index (κ1) is 16.4. The predicted octanol–water partition coefficient (Wildman–Crippen LogP) is 1.02. The van der Waals surface area contributed by atoms with Gasteiger partial charge in [0.15, 0.2) is 0 Å². The van der Waals surface area contributed by atoms with Crippen molar-refractivity contribution < 1.29 is 13.9 Å². The topological polar surface area (TPSA) is 44.8 Å². The van der Waals surface area contributed by atoms with Crippen LogP contribution in [0.15, 0.2) is 24.3 Å². The summed E-state index contributed by atoms with van der Waals surface area (Å²) in [7, 11) is 0. The molecule has 6 heteroatoms. The minimum absolute atomic E-state index is 0.147. The zero-order valence-corrected chi connectivity index (χ0v) is 13.5. The molecular formula is C17H24FN3O2. The van der Waals surface area contributed by atoms with Crippen LogP contribution in [0.2, 0.25) is 0 Å². The van der Waals surface area contributed by atoms with Crippen LogP contribution in [0.4, 0.5) is 4.39 Å². The molecule has 1 aromatic carbocycles. The van der Waals surface area contributed by atoms with Crippen LogP contribution < -0.4 is 5.32 Å². The number of ether oxygens (including phenoxy) is 1. The molecule has 3 rings (SSSR count). The van der Waals surface area contributed by atoms with Crippen LogP contribution in [0.5, 0.6) is 0 Å². The summed E-state index contributed by atoms with van der Waals surface area (Å²) in [5, 5.41) is 3.33. The van der Waals surface area contributed by atoms with E-state index in [0.717, 1.165) is 25.2 Å². The van der Waals surface area contributed by atoms with Gasteiger partial charge in [0.25, 0.3) is 0 Å². The summed E-state index contributed by atoms with van der Waals surface area (Å²) in [4.78, 5) is 16.7. The average molecular weight is 321 g/mol. The van der Waals surface area contributed by atoms with Gasteiger partial charge in [0.1, 0.15) is 11.9 Å². The molecule has 0 radical (unpaired) electrons. The van der Waals surface area contributed by atoms with Gasteiger partial charge in [-0.15, -0.1) is 0 Å². The fraction of sp³-hybridized carbons (Fsp3) is 0.588. The summed E-state index contributed by atoms with van der Waals surface area (Å²) in [6.45, 7) is 7.03. The molecule has 0 bridgehead atoms. The van der Waals surface area contributed by atoms with Gasteiger partial charge in [0.05, 0.1) is 19.7 Å². The zero-order chi connectivity index (χ0) is 16.2. The van der Waals surface area contributed by atoms with Gasteiger partial charge in [-0.1, -0.05) is 12.1 Å². The number of carbonyl (C=O) groups is 1. The predicted molar refractivity (Wildman–Crippen MR) is 85.6 cm³/mol. The van der Waals surface area contributed by atoms with Crippen molar-refractivity contribution in [1.29, 1.82) is 0 Å². The van der Waals surface area contributed by atoms with Gasteiger partial charge in [0.2, 0.25) is 5.91 Å². The number of carbonyl (C=O) groups excluding carboxylic acids is 1. The minimum Gasteiger partial charge on any atom is -0.370 e. The highest BCUT2D eigenvalue weighted by atomic mass is 19.1. The average Bonchev–Trinajstić information content (AvgIpc) is 2.58. The molecule has 1 unspecified atom stereocenters. The molecule has 1 N–H and O–H groups in total. The van der Waals surface area contributed by atoms with Crippen molar-refractivity contribution in [3.8, 4) is 0 Å². The van der Waals surface area contributed by atoms with Crippen LogP contribution in [0, 0.1) is 5.82 Å². The lowest BCUT2D eigenvalue weighted by atomic mass is 10.1. The maximum atomic E-state index is 13.0. The van der Waals surface area contributed by atoms with E-state index in [1.54, 1.807) is 12.1 Å². The third-order valence-corrected chi connectivity index (χ3v) is 4.64. The maximum absolute atomic E-state index is 13.0. The Kier molecular flexibility index (Phi) is 5.25. The van der Waals surface area contributed by atoms with Crippen LogP contribution in [0.3, 0.4) is 0 Å². The Morgan fingerprint density at radius 3 is 2.87 bits per heavy atom. The van der Waals surface area contributed by atoms with E-state index in [9.17, 15) is 9.18 Å². The smallest absolute Gasteiger partial charge is 0.236 e. The molecule has 2 fully saturated rings. The van der Waals surface area contributed by atoms with Crippen LogP contribution in [-0.4, -0.2) is 67.6 Å². The summed E-state index contributed by atoms with van der Waals surface area (Å²) in [6, 6.07) is 6.70. The summed E-state index contributed by atoms with van der Waals surface area (Å²) in [5.41, 5.74) is 0.916. The quantitative estimate of drug-likeness (QED) is 0.903. The van der Waals surface area contributed by atoms with E-state index >= 15 is 0 Å². The number of hydrogen-bond acceptors (Lipinski definition) is 4. The van der Waals surface area contributed by atoms with Gasteiger partial charge in [-0.3, -0.25) is 9.69 Å². The van der Waals surface area contributed by atoms with Crippen LogP contribution in [-0.2, 0) is 9.53 Å². The zero-order valence-electron chi connectivity index (χ0n) is 13.5. The molecule has 2 heterocycles. The number of hydrogen-bond donors (Lipinski definition) is 1. The largest absolute Gasteiger partial charge is 0.370 e. The normalized spacial score (nSPS) is 26.3. The van der Waals surface area contributed by atoms with Crippen LogP contribution in [0.25, 0.3) is 0 Å². The number of morpholine rings is 1. The number of benzene rings is 1. The molecule has 2 atom stereocenters. The van der Waals surface area contributed by atoms with Crippen LogP contribution in [0.1, 0.15) is 18.6 Å².